The molecule has 6 heteroatoms. The summed E-state index contributed by atoms with van der Waals surface area (Å²) in [5.74, 6) is -1.05. The van der Waals surface area contributed by atoms with Crippen LogP contribution in [0.25, 0.3) is 0 Å². The van der Waals surface area contributed by atoms with Gasteiger partial charge in [-0.05, 0) is 6.42 Å². The molecule has 0 aliphatic carbocycles. The van der Waals surface area contributed by atoms with Gasteiger partial charge in [0.2, 0.25) is 0 Å². The molecule has 0 saturated heterocycles. The van der Waals surface area contributed by atoms with E-state index in [1.54, 1.807) is 0 Å². The Morgan fingerprint density at radius 2 is 2.08 bits per heavy atom. The topological polar surface area (TPSA) is 60.4 Å². The third-order valence-electron chi connectivity index (χ3n) is 1.12. The van der Waals surface area contributed by atoms with Gasteiger partial charge in [0.25, 0.3) is 0 Å². The van der Waals surface area contributed by atoms with Crippen LogP contribution >= 0.6 is 0 Å². The standard InChI is InChI=1S/C7H12O4S.Na.H/c1-3-5-6-12(9,10)11-7(8)4-2;;/h4H,2-3,5-6H2,1H3;;. The summed E-state index contributed by atoms with van der Waals surface area (Å²) >= 11 is 0. The third-order valence-corrected chi connectivity index (χ3v) is 2.33. The summed E-state index contributed by atoms with van der Waals surface area (Å²) in [6, 6.07) is 0. The molecular weight excluding hydrogens is 203 g/mol. The van der Waals surface area contributed by atoms with Crippen LogP contribution in [-0.2, 0) is 19.1 Å². The zero-order valence-electron chi connectivity index (χ0n) is 6.95. The molecule has 0 aliphatic heterocycles. The minimum atomic E-state index is -3.68. The third kappa shape index (κ3) is 8.49. The number of hydrogen-bond acceptors (Lipinski definition) is 4. The van der Waals surface area contributed by atoms with Gasteiger partial charge in [0, 0.05) is 6.08 Å². The quantitative estimate of drug-likeness (QED) is 0.374. The molecule has 0 unspecified atom stereocenters. The number of rotatable bonds is 5. The molecule has 0 aromatic rings. The molecule has 0 heterocycles. The zero-order valence-corrected chi connectivity index (χ0v) is 7.76. The molecule has 0 aromatic carbocycles. The molecule has 72 valence electrons. The second-order valence-corrected chi connectivity index (χ2v) is 3.91. The Morgan fingerprint density at radius 1 is 1.54 bits per heavy atom. The first-order valence-electron chi connectivity index (χ1n) is 3.60. The van der Waals surface area contributed by atoms with Crippen molar-refractivity contribution in [1.82, 2.24) is 0 Å². The monoisotopic (exact) mass is 216 g/mol. The fraction of sp³-hybridized carbons (Fsp3) is 0.571. The molecule has 0 aliphatic rings. The van der Waals surface area contributed by atoms with Crippen molar-refractivity contribution in [3.63, 3.8) is 0 Å². The average Bonchev–Trinajstić information content (AvgIpc) is 2.00. The van der Waals surface area contributed by atoms with Gasteiger partial charge in [-0.3, -0.25) is 0 Å². The first-order valence-corrected chi connectivity index (χ1v) is 5.18. The van der Waals surface area contributed by atoms with Crippen LogP contribution in [0.5, 0.6) is 0 Å². The van der Waals surface area contributed by atoms with Crippen molar-refractivity contribution in [1.29, 1.82) is 0 Å². The van der Waals surface area contributed by atoms with Gasteiger partial charge in [0.1, 0.15) is 0 Å². The molecule has 0 rings (SSSR count). The van der Waals surface area contributed by atoms with Gasteiger partial charge in [-0.15, -0.1) is 0 Å². The van der Waals surface area contributed by atoms with Crippen LogP contribution in [0.15, 0.2) is 12.7 Å². The van der Waals surface area contributed by atoms with Crippen LogP contribution in [0.1, 0.15) is 19.8 Å². The Kier molecular flexibility index (Phi) is 9.08. The molecular formula is C7H13NaO4S. The molecule has 0 atom stereocenters. The first-order chi connectivity index (χ1) is 5.52. The molecule has 0 radical (unpaired) electrons. The molecule has 0 fully saturated rings. The van der Waals surface area contributed by atoms with E-state index in [9.17, 15) is 13.2 Å². The molecule has 0 amide bonds. The molecule has 0 saturated carbocycles. The molecule has 0 N–H and O–H groups in total. The Hall–Kier alpha value is 0.160. The van der Waals surface area contributed by atoms with Crippen LogP contribution in [0.3, 0.4) is 0 Å². The van der Waals surface area contributed by atoms with Gasteiger partial charge in [-0.25, -0.2) is 4.79 Å². The summed E-state index contributed by atoms with van der Waals surface area (Å²) in [5.41, 5.74) is 0. The van der Waals surface area contributed by atoms with E-state index < -0.39 is 16.1 Å². The van der Waals surface area contributed by atoms with Gasteiger partial charge in [-0.2, -0.15) is 8.42 Å². The van der Waals surface area contributed by atoms with Crippen molar-refractivity contribution >= 4 is 45.6 Å². The minimum absolute atomic E-state index is 0. The molecule has 4 nitrogen and oxygen atoms in total. The average molecular weight is 216 g/mol. The van der Waals surface area contributed by atoms with Crippen molar-refractivity contribution in [3.8, 4) is 0 Å². The van der Waals surface area contributed by atoms with Crippen LogP contribution in [0, 0.1) is 0 Å². The summed E-state index contributed by atoms with van der Waals surface area (Å²) in [6.45, 7) is 4.94. The van der Waals surface area contributed by atoms with Crippen molar-refractivity contribution in [2.45, 2.75) is 19.8 Å². The summed E-state index contributed by atoms with van der Waals surface area (Å²) in [6.07, 6.45) is 2.06. The van der Waals surface area contributed by atoms with E-state index in [4.69, 9.17) is 0 Å². The number of carbonyl (C=O) groups excluding carboxylic acids is 1. The van der Waals surface area contributed by atoms with Crippen molar-refractivity contribution < 1.29 is 17.4 Å². The van der Waals surface area contributed by atoms with E-state index in [-0.39, 0.29) is 35.3 Å². The Labute approximate surface area is 101 Å². The fourth-order valence-electron chi connectivity index (χ4n) is 0.522. The molecule has 0 aromatic heterocycles. The van der Waals surface area contributed by atoms with Crippen LogP contribution in [0.2, 0.25) is 0 Å². The van der Waals surface area contributed by atoms with Crippen LogP contribution in [0.4, 0.5) is 0 Å². The van der Waals surface area contributed by atoms with Crippen LogP contribution < -0.4 is 0 Å². The van der Waals surface area contributed by atoms with Gasteiger partial charge < -0.3 is 4.18 Å². The zero-order chi connectivity index (χ0) is 9.61. The van der Waals surface area contributed by atoms with E-state index in [2.05, 4.69) is 10.8 Å². The second-order valence-electron chi connectivity index (χ2n) is 2.22. The normalized spacial score (nSPS) is 9.92. The summed E-state index contributed by atoms with van der Waals surface area (Å²) in [4.78, 5) is 10.5. The number of hydrogen-bond donors (Lipinski definition) is 0. The van der Waals surface area contributed by atoms with Gasteiger partial charge in [0.15, 0.2) is 0 Å². The fourth-order valence-corrected chi connectivity index (χ4v) is 1.57. The van der Waals surface area contributed by atoms with Crippen molar-refractivity contribution in [2.24, 2.45) is 0 Å². The van der Waals surface area contributed by atoms with Crippen molar-refractivity contribution in [3.05, 3.63) is 12.7 Å². The van der Waals surface area contributed by atoms with E-state index in [1.165, 1.54) is 0 Å². The number of carbonyl (C=O) groups is 1. The van der Waals surface area contributed by atoms with Crippen LogP contribution in [-0.4, -0.2) is 49.7 Å². The Bertz CT molecular complexity index is 258. The summed E-state index contributed by atoms with van der Waals surface area (Å²) in [5, 5.41) is 0. The van der Waals surface area contributed by atoms with Gasteiger partial charge in [0.05, 0.1) is 5.75 Å². The predicted molar refractivity (Wildman–Crippen MR) is 52.1 cm³/mol. The van der Waals surface area contributed by atoms with E-state index >= 15 is 0 Å². The second kappa shape index (κ2) is 7.55. The van der Waals surface area contributed by atoms with E-state index in [0.29, 0.717) is 6.42 Å². The Morgan fingerprint density at radius 3 is 2.46 bits per heavy atom. The van der Waals surface area contributed by atoms with Gasteiger partial charge in [-0.1, -0.05) is 19.9 Å². The number of unbranched alkanes of at least 4 members (excludes halogenated alkanes) is 1. The molecule has 13 heavy (non-hydrogen) atoms. The summed E-state index contributed by atoms with van der Waals surface area (Å²) in [7, 11) is -3.68. The molecule has 0 spiro atoms. The van der Waals surface area contributed by atoms with E-state index in [1.807, 2.05) is 6.92 Å². The maximum absolute atomic E-state index is 10.9. The van der Waals surface area contributed by atoms with Gasteiger partial charge >= 0.3 is 45.6 Å². The Balaban J connectivity index is 0. The predicted octanol–water partition coefficient (Wildman–Crippen LogP) is 0.197. The summed E-state index contributed by atoms with van der Waals surface area (Å²) < 4.78 is 25.8. The van der Waals surface area contributed by atoms with Crippen molar-refractivity contribution in [2.75, 3.05) is 5.75 Å². The molecule has 0 bridgehead atoms. The SMILES string of the molecule is C=CC(=O)OS(=O)(=O)CCCC.[NaH]. The maximum atomic E-state index is 10.9. The first kappa shape index (κ1) is 15.6. The van der Waals surface area contributed by atoms with E-state index in [0.717, 1.165) is 12.5 Å².